The van der Waals surface area contributed by atoms with Crippen LogP contribution in [0.1, 0.15) is 16.0 Å². The lowest BCUT2D eigenvalue weighted by atomic mass is 10.1. The van der Waals surface area contributed by atoms with E-state index in [4.69, 9.17) is 0 Å². The van der Waals surface area contributed by atoms with Gasteiger partial charge < -0.3 is 10.2 Å². The van der Waals surface area contributed by atoms with Gasteiger partial charge in [-0.1, -0.05) is 18.2 Å². The van der Waals surface area contributed by atoms with Gasteiger partial charge in [-0.15, -0.1) is 11.3 Å². The summed E-state index contributed by atoms with van der Waals surface area (Å²) in [5.41, 5.74) is 5.26. The molecule has 0 spiro atoms. The van der Waals surface area contributed by atoms with Crippen LogP contribution in [0.2, 0.25) is 0 Å². The Morgan fingerprint density at radius 3 is 2.37 bits per heavy atom. The first-order valence-electron chi connectivity index (χ1n) is 9.65. The van der Waals surface area contributed by atoms with Crippen LogP contribution in [-0.4, -0.2) is 25.9 Å². The summed E-state index contributed by atoms with van der Waals surface area (Å²) in [5.74, 6) is -0.665. The van der Waals surface area contributed by atoms with Gasteiger partial charge in [0.1, 0.15) is 5.70 Å². The molecule has 4 rings (SSSR count). The number of nitrogens with one attached hydrogen (secondary N) is 1. The number of amides is 2. The van der Waals surface area contributed by atoms with Crippen molar-refractivity contribution in [1.82, 2.24) is 0 Å². The highest BCUT2D eigenvalue weighted by Gasteiger charge is 2.40. The summed E-state index contributed by atoms with van der Waals surface area (Å²) in [6.07, 6.45) is 0. The Bertz CT molecular complexity index is 1160. The van der Waals surface area contributed by atoms with E-state index >= 15 is 0 Å². The zero-order chi connectivity index (χ0) is 21.4. The first-order chi connectivity index (χ1) is 14.4. The van der Waals surface area contributed by atoms with E-state index in [0.29, 0.717) is 17.0 Å². The number of hydrogen-bond donors (Lipinski definition) is 1. The zero-order valence-corrected chi connectivity index (χ0v) is 18.2. The lowest BCUT2D eigenvalue weighted by Gasteiger charge is -2.19. The summed E-state index contributed by atoms with van der Waals surface area (Å²) in [7, 11) is 3.85. The third-order valence-electron chi connectivity index (χ3n) is 5.23. The van der Waals surface area contributed by atoms with Gasteiger partial charge in [-0.25, -0.2) is 4.90 Å². The van der Waals surface area contributed by atoms with Gasteiger partial charge >= 0.3 is 0 Å². The van der Waals surface area contributed by atoms with E-state index in [-0.39, 0.29) is 11.8 Å². The average molecular weight is 418 g/mol. The Labute approximate surface area is 180 Å². The fraction of sp³-hybridized carbons (Fsp3) is 0.167. The molecule has 2 amide bonds. The molecule has 0 atom stereocenters. The Morgan fingerprint density at radius 2 is 1.70 bits per heavy atom. The first kappa shape index (κ1) is 19.9. The molecule has 1 aromatic heterocycles. The maximum Gasteiger partial charge on any atom is 0.282 e. The largest absolute Gasteiger partial charge is 0.378 e. The average Bonchev–Trinajstić information content (AvgIpc) is 3.32. The quantitative estimate of drug-likeness (QED) is 0.605. The number of hydrogen-bond acceptors (Lipinski definition) is 5. The van der Waals surface area contributed by atoms with Gasteiger partial charge in [0.05, 0.1) is 11.3 Å². The van der Waals surface area contributed by atoms with Gasteiger partial charge in [0.25, 0.3) is 11.8 Å². The number of aryl methyl sites for hydroxylation is 2. The van der Waals surface area contributed by atoms with Crippen molar-refractivity contribution in [2.45, 2.75) is 13.8 Å². The second-order valence-electron chi connectivity index (χ2n) is 7.51. The molecule has 6 heteroatoms. The third kappa shape index (κ3) is 3.50. The zero-order valence-electron chi connectivity index (χ0n) is 17.4. The maximum absolute atomic E-state index is 13.4. The van der Waals surface area contributed by atoms with Crippen molar-refractivity contribution in [3.05, 3.63) is 81.7 Å². The molecule has 0 fully saturated rings. The Kier molecular flexibility index (Phi) is 5.18. The lowest BCUT2D eigenvalue weighted by molar-refractivity contribution is -0.120. The topological polar surface area (TPSA) is 52.7 Å². The van der Waals surface area contributed by atoms with Crippen LogP contribution >= 0.6 is 11.3 Å². The number of anilines is 3. The minimum Gasteiger partial charge on any atom is -0.378 e. The molecule has 2 aromatic carbocycles. The van der Waals surface area contributed by atoms with Crippen LogP contribution in [0.3, 0.4) is 0 Å². The number of carbonyl (C=O) groups is 2. The molecule has 1 aliphatic heterocycles. The van der Waals surface area contributed by atoms with E-state index in [2.05, 4.69) is 5.32 Å². The molecule has 3 aromatic rings. The number of nitrogens with zero attached hydrogens (tertiary/aromatic N) is 2. The Hall–Kier alpha value is -3.38. The van der Waals surface area contributed by atoms with Gasteiger partial charge in [-0.2, -0.15) is 0 Å². The van der Waals surface area contributed by atoms with Crippen LogP contribution in [-0.2, 0) is 9.59 Å². The van der Waals surface area contributed by atoms with E-state index in [9.17, 15) is 9.59 Å². The van der Waals surface area contributed by atoms with Gasteiger partial charge in [-0.3, -0.25) is 9.59 Å². The summed E-state index contributed by atoms with van der Waals surface area (Å²) in [6.45, 7) is 4.06. The molecular weight excluding hydrogens is 394 g/mol. The van der Waals surface area contributed by atoms with E-state index < -0.39 is 0 Å². The van der Waals surface area contributed by atoms with Crippen molar-refractivity contribution >= 4 is 45.8 Å². The molecule has 0 aliphatic carbocycles. The molecule has 2 heterocycles. The smallest absolute Gasteiger partial charge is 0.282 e. The van der Waals surface area contributed by atoms with E-state index in [0.717, 1.165) is 21.8 Å². The van der Waals surface area contributed by atoms with Crippen LogP contribution in [0.5, 0.6) is 0 Å². The third-order valence-corrected chi connectivity index (χ3v) is 6.12. The fourth-order valence-corrected chi connectivity index (χ4v) is 4.17. The molecule has 1 aliphatic rings. The van der Waals surface area contributed by atoms with Gasteiger partial charge in [0.2, 0.25) is 0 Å². The van der Waals surface area contributed by atoms with Crippen LogP contribution < -0.4 is 15.1 Å². The van der Waals surface area contributed by atoms with Crippen molar-refractivity contribution in [3.63, 3.8) is 0 Å². The number of rotatable bonds is 5. The van der Waals surface area contributed by atoms with Crippen LogP contribution in [0.15, 0.2) is 65.7 Å². The SMILES string of the molecule is Cc1ccc(NC2=C(c3cccs3)C(=O)N(c3cccc(N(C)C)c3)C2=O)cc1C. The summed E-state index contributed by atoms with van der Waals surface area (Å²) in [4.78, 5) is 30.8. The van der Waals surface area contributed by atoms with Gasteiger partial charge in [0, 0.05) is 30.3 Å². The molecular formula is C24H23N3O2S. The fourth-order valence-electron chi connectivity index (χ4n) is 3.40. The number of imide groups is 1. The van der Waals surface area contributed by atoms with E-state index in [1.807, 2.05) is 86.8 Å². The monoisotopic (exact) mass is 417 g/mol. The second-order valence-corrected chi connectivity index (χ2v) is 8.46. The molecule has 152 valence electrons. The second kappa shape index (κ2) is 7.80. The predicted octanol–water partition coefficient (Wildman–Crippen LogP) is 4.83. The lowest BCUT2D eigenvalue weighted by Crippen LogP contribution is -2.32. The van der Waals surface area contributed by atoms with Gasteiger partial charge in [-0.05, 0) is 66.8 Å². The van der Waals surface area contributed by atoms with E-state index in [1.54, 1.807) is 6.07 Å². The summed E-state index contributed by atoms with van der Waals surface area (Å²) in [5, 5.41) is 5.13. The highest BCUT2D eigenvalue weighted by atomic mass is 32.1. The minimum atomic E-state index is -0.350. The molecule has 1 N–H and O–H groups in total. The molecule has 0 bridgehead atoms. The minimum absolute atomic E-state index is 0.306. The first-order valence-corrected chi connectivity index (χ1v) is 10.5. The molecule has 5 nitrogen and oxygen atoms in total. The van der Waals surface area contributed by atoms with Crippen LogP contribution in [0, 0.1) is 13.8 Å². The number of thiophene rings is 1. The highest BCUT2D eigenvalue weighted by Crippen LogP contribution is 2.36. The van der Waals surface area contributed by atoms with Crippen LogP contribution in [0.25, 0.3) is 5.57 Å². The molecule has 0 saturated carbocycles. The normalized spacial score (nSPS) is 13.9. The maximum atomic E-state index is 13.4. The van der Waals surface area contributed by atoms with E-state index in [1.165, 1.54) is 21.8 Å². The predicted molar refractivity (Wildman–Crippen MR) is 124 cm³/mol. The van der Waals surface area contributed by atoms with Crippen LogP contribution in [0.4, 0.5) is 17.1 Å². The Balaban J connectivity index is 1.79. The molecule has 0 radical (unpaired) electrons. The van der Waals surface area contributed by atoms with Gasteiger partial charge in [0.15, 0.2) is 0 Å². The molecule has 30 heavy (non-hydrogen) atoms. The molecule has 0 unspecified atom stereocenters. The standard InChI is InChI=1S/C24H23N3O2S/c1-15-10-11-17(13-16(15)2)25-22-21(20-9-6-12-30-20)23(28)27(24(22)29)19-8-5-7-18(14-19)26(3)4/h5-14,25H,1-4H3. The molecule has 0 saturated heterocycles. The number of carbonyl (C=O) groups excluding carboxylic acids is 2. The van der Waals surface area contributed by atoms with Crippen molar-refractivity contribution in [1.29, 1.82) is 0 Å². The van der Waals surface area contributed by atoms with Crippen molar-refractivity contribution < 1.29 is 9.59 Å². The number of benzene rings is 2. The highest BCUT2D eigenvalue weighted by molar-refractivity contribution is 7.11. The summed E-state index contributed by atoms with van der Waals surface area (Å²) >= 11 is 1.45. The summed E-state index contributed by atoms with van der Waals surface area (Å²) < 4.78 is 0. The summed E-state index contributed by atoms with van der Waals surface area (Å²) in [6, 6.07) is 17.1. The Morgan fingerprint density at radius 1 is 0.900 bits per heavy atom. The van der Waals surface area contributed by atoms with Crippen molar-refractivity contribution in [2.75, 3.05) is 29.2 Å². The van der Waals surface area contributed by atoms with Crippen molar-refractivity contribution in [3.8, 4) is 0 Å². The van der Waals surface area contributed by atoms with Crippen molar-refractivity contribution in [2.24, 2.45) is 0 Å².